The Hall–Kier alpha value is -2.46. The topological polar surface area (TPSA) is 43.4 Å². The van der Waals surface area contributed by atoms with Crippen molar-refractivity contribution in [1.82, 2.24) is 4.98 Å². The largest absolute Gasteiger partial charge is 0.497 e. The first kappa shape index (κ1) is 15.4. The van der Waals surface area contributed by atoms with Gasteiger partial charge in [-0.3, -0.25) is 4.98 Å². The van der Waals surface area contributed by atoms with Crippen LogP contribution in [0.4, 0.5) is 11.4 Å². The van der Waals surface area contributed by atoms with Gasteiger partial charge < -0.3 is 14.8 Å². The van der Waals surface area contributed by atoms with E-state index in [1.54, 1.807) is 20.3 Å². The molecule has 1 heterocycles. The van der Waals surface area contributed by atoms with Gasteiger partial charge in [0, 0.05) is 21.8 Å². The predicted octanol–water partition coefficient (Wildman–Crippen LogP) is 4.96. The molecule has 0 aliphatic carbocycles. The number of methoxy groups -OCH3 is 2. The highest BCUT2D eigenvalue weighted by Crippen LogP contribution is 2.34. The van der Waals surface area contributed by atoms with Crippen LogP contribution in [0.1, 0.15) is 5.69 Å². The molecule has 2 aromatic carbocycles. The second kappa shape index (κ2) is 6.34. The lowest BCUT2D eigenvalue weighted by Gasteiger charge is -2.14. The van der Waals surface area contributed by atoms with Crippen LogP contribution < -0.4 is 14.8 Å². The van der Waals surface area contributed by atoms with E-state index >= 15 is 0 Å². The molecule has 118 valence electrons. The molecule has 3 rings (SSSR count). The number of halogens is 1. The maximum atomic E-state index is 6.11. The van der Waals surface area contributed by atoms with Crippen molar-refractivity contribution < 1.29 is 9.47 Å². The summed E-state index contributed by atoms with van der Waals surface area (Å²) in [5, 5.41) is 5.00. The SMILES string of the molecule is COc1ccc2nc(C)cc(Nc3cc(Cl)ccc3OC)c2c1. The van der Waals surface area contributed by atoms with Crippen LogP contribution in [-0.4, -0.2) is 19.2 Å². The highest BCUT2D eigenvalue weighted by atomic mass is 35.5. The van der Waals surface area contributed by atoms with Gasteiger partial charge in [-0.25, -0.2) is 0 Å². The third-order valence-electron chi connectivity index (χ3n) is 3.57. The Morgan fingerprint density at radius 1 is 0.957 bits per heavy atom. The number of ether oxygens (including phenoxy) is 2. The summed E-state index contributed by atoms with van der Waals surface area (Å²) in [6.45, 7) is 1.96. The quantitative estimate of drug-likeness (QED) is 0.735. The highest BCUT2D eigenvalue weighted by Gasteiger charge is 2.09. The molecule has 0 amide bonds. The number of hydrogen-bond acceptors (Lipinski definition) is 4. The van der Waals surface area contributed by atoms with E-state index in [9.17, 15) is 0 Å². The zero-order valence-corrected chi connectivity index (χ0v) is 13.9. The van der Waals surface area contributed by atoms with Crippen molar-refractivity contribution in [1.29, 1.82) is 0 Å². The van der Waals surface area contributed by atoms with Crippen molar-refractivity contribution in [2.24, 2.45) is 0 Å². The van der Waals surface area contributed by atoms with Gasteiger partial charge in [0.2, 0.25) is 0 Å². The summed E-state index contributed by atoms with van der Waals surface area (Å²) in [6, 6.07) is 13.3. The molecule has 5 heteroatoms. The number of nitrogens with one attached hydrogen (secondary N) is 1. The fraction of sp³-hybridized carbons (Fsp3) is 0.167. The molecule has 3 aromatic rings. The lowest BCUT2D eigenvalue weighted by Crippen LogP contribution is -1.97. The average molecular weight is 329 g/mol. The van der Waals surface area contributed by atoms with E-state index in [0.29, 0.717) is 5.02 Å². The molecule has 0 saturated heterocycles. The number of aryl methyl sites for hydroxylation is 1. The average Bonchev–Trinajstić information content (AvgIpc) is 2.54. The van der Waals surface area contributed by atoms with Crippen LogP contribution in [0.15, 0.2) is 42.5 Å². The van der Waals surface area contributed by atoms with Gasteiger partial charge >= 0.3 is 0 Å². The minimum Gasteiger partial charge on any atom is -0.497 e. The number of pyridine rings is 1. The van der Waals surface area contributed by atoms with Crippen LogP contribution in [0.3, 0.4) is 0 Å². The second-order valence-corrected chi connectivity index (χ2v) is 5.60. The molecule has 0 atom stereocenters. The van der Waals surface area contributed by atoms with Gasteiger partial charge in [-0.1, -0.05) is 11.6 Å². The van der Waals surface area contributed by atoms with Gasteiger partial charge in [0.25, 0.3) is 0 Å². The second-order valence-electron chi connectivity index (χ2n) is 5.16. The summed E-state index contributed by atoms with van der Waals surface area (Å²) in [5.41, 5.74) is 3.54. The number of aromatic nitrogens is 1. The maximum Gasteiger partial charge on any atom is 0.142 e. The van der Waals surface area contributed by atoms with Gasteiger partial charge in [-0.2, -0.15) is 0 Å². The Morgan fingerprint density at radius 3 is 2.52 bits per heavy atom. The molecule has 0 fully saturated rings. The summed E-state index contributed by atoms with van der Waals surface area (Å²) >= 11 is 6.11. The molecule has 0 aliphatic heterocycles. The van der Waals surface area contributed by atoms with E-state index in [-0.39, 0.29) is 0 Å². The van der Waals surface area contributed by atoms with Crippen LogP contribution in [0, 0.1) is 6.92 Å². The molecule has 1 N–H and O–H groups in total. The van der Waals surface area contributed by atoms with Crippen molar-refractivity contribution in [3.8, 4) is 11.5 Å². The third-order valence-corrected chi connectivity index (χ3v) is 3.81. The van der Waals surface area contributed by atoms with Gasteiger partial charge in [0.15, 0.2) is 0 Å². The molecular weight excluding hydrogens is 312 g/mol. The molecule has 0 radical (unpaired) electrons. The monoisotopic (exact) mass is 328 g/mol. The van der Waals surface area contributed by atoms with E-state index in [1.807, 2.05) is 43.3 Å². The summed E-state index contributed by atoms with van der Waals surface area (Å²) in [5.74, 6) is 1.50. The van der Waals surface area contributed by atoms with Crippen LogP contribution in [0.2, 0.25) is 5.02 Å². The molecule has 0 saturated carbocycles. The van der Waals surface area contributed by atoms with Crippen molar-refractivity contribution in [3.05, 3.63) is 53.2 Å². The smallest absolute Gasteiger partial charge is 0.142 e. The van der Waals surface area contributed by atoms with Crippen molar-refractivity contribution in [2.75, 3.05) is 19.5 Å². The fourth-order valence-corrected chi connectivity index (χ4v) is 2.66. The number of hydrogen-bond donors (Lipinski definition) is 1. The minimum atomic E-state index is 0.640. The van der Waals surface area contributed by atoms with Crippen LogP contribution >= 0.6 is 11.6 Å². The van der Waals surface area contributed by atoms with Gasteiger partial charge in [0.1, 0.15) is 11.5 Å². The summed E-state index contributed by atoms with van der Waals surface area (Å²) < 4.78 is 10.7. The molecule has 23 heavy (non-hydrogen) atoms. The number of nitrogens with zero attached hydrogens (tertiary/aromatic N) is 1. The highest BCUT2D eigenvalue weighted by molar-refractivity contribution is 6.31. The van der Waals surface area contributed by atoms with E-state index in [2.05, 4.69) is 10.3 Å². The molecular formula is C18H17ClN2O2. The Balaban J connectivity index is 2.14. The predicted molar refractivity (Wildman–Crippen MR) is 94.3 cm³/mol. The molecule has 0 bridgehead atoms. The first-order chi connectivity index (χ1) is 11.1. The number of benzene rings is 2. The normalized spacial score (nSPS) is 10.6. The minimum absolute atomic E-state index is 0.640. The van der Waals surface area contributed by atoms with Crippen LogP contribution in [0.5, 0.6) is 11.5 Å². The van der Waals surface area contributed by atoms with Crippen molar-refractivity contribution in [3.63, 3.8) is 0 Å². The lowest BCUT2D eigenvalue weighted by atomic mass is 10.1. The van der Waals surface area contributed by atoms with E-state index in [0.717, 1.165) is 39.5 Å². The number of anilines is 2. The molecule has 0 spiro atoms. The molecule has 0 unspecified atom stereocenters. The fourth-order valence-electron chi connectivity index (χ4n) is 2.49. The van der Waals surface area contributed by atoms with E-state index in [1.165, 1.54) is 0 Å². The standard InChI is InChI=1S/C18H17ClN2O2/c1-11-8-16(14-10-13(22-2)5-6-15(14)20-11)21-17-9-12(19)4-7-18(17)23-3/h4-10H,1-3H3,(H,20,21). The zero-order valence-electron chi connectivity index (χ0n) is 13.2. The van der Waals surface area contributed by atoms with E-state index < -0.39 is 0 Å². The van der Waals surface area contributed by atoms with Crippen LogP contribution in [0.25, 0.3) is 10.9 Å². The van der Waals surface area contributed by atoms with Crippen molar-refractivity contribution >= 4 is 33.9 Å². The molecule has 4 nitrogen and oxygen atoms in total. The molecule has 0 aliphatic rings. The number of rotatable bonds is 4. The van der Waals surface area contributed by atoms with Crippen LogP contribution in [-0.2, 0) is 0 Å². The maximum absolute atomic E-state index is 6.11. The Kier molecular flexibility index (Phi) is 4.26. The summed E-state index contributed by atoms with van der Waals surface area (Å²) in [6.07, 6.45) is 0. The Labute approximate surface area is 140 Å². The Bertz CT molecular complexity index is 865. The van der Waals surface area contributed by atoms with Gasteiger partial charge in [-0.15, -0.1) is 0 Å². The van der Waals surface area contributed by atoms with Gasteiger partial charge in [0.05, 0.1) is 25.4 Å². The first-order valence-corrected chi connectivity index (χ1v) is 7.54. The third kappa shape index (κ3) is 3.17. The summed E-state index contributed by atoms with van der Waals surface area (Å²) in [7, 11) is 3.28. The van der Waals surface area contributed by atoms with Gasteiger partial charge in [-0.05, 0) is 49.4 Å². The van der Waals surface area contributed by atoms with Crippen molar-refractivity contribution in [2.45, 2.75) is 6.92 Å². The number of fused-ring (bicyclic) bond motifs is 1. The summed E-state index contributed by atoms with van der Waals surface area (Å²) in [4.78, 5) is 4.56. The van der Waals surface area contributed by atoms with E-state index in [4.69, 9.17) is 21.1 Å². The molecule has 1 aromatic heterocycles. The zero-order chi connectivity index (χ0) is 16.4. The first-order valence-electron chi connectivity index (χ1n) is 7.16. The lowest BCUT2D eigenvalue weighted by molar-refractivity contribution is 0.415. The Morgan fingerprint density at radius 2 is 1.78 bits per heavy atom.